The number of rotatable bonds is 10. The van der Waals surface area contributed by atoms with E-state index >= 15 is 0 Å². The molecule has 0 spiro atoms. The highest BCUT2D eigenvalue weighted by atomic mass is 16.5. The molecule has 0 saturated carbocycles. The van der Waals surface area contributed by atoms with E-state index in [-0.39, 0.29) is 36.3 Å². The predicted molar refractivity (Wildman–Crippen MR) is 137 cm³/mol. The standard InChI is InChI=1S/C27H29N3O9/c1-4-5-18-12-17(14-22(35-2)24(18)38-16-23(31)29-8-10-37-11-9-29)13-20-25(32)30(27(34)28-20)15-19-6-7-21(39-19)26(33)36-3/h4,6-7,12-14H,1,5,8-11,15-16H2,2-3H3,(H,28,34)/b20-13-. The molecule has 1 aromatic heterocycles. The van der Waals surface area contributed by atoms with E-state index < -0.39 is 17.9 Å². The van der Waals surface area contributed by atoms with Gasteiger partial charge in [0.25, 0.3) is 11.8 Å². The molecule has 12 heteroatoms. The van der Waals surface area contributed by atoms with Gasteiger partial charge in [0, 0.05) is 18.7 Å². The maximum atomic E-state index is 13.0. The molecule has 2 aliphatic rings. The molecule has 2 aliphatic heterocycles. The minimum absolute atomic E-state index is 0.0360. The van der Waals surface area contributed by atoms with Gasteiger partial charge >= 0.3 is 12.0 Å². The highest BCUT2D eigenvalue weighted by Crippen LogP contribution is 2.34. The molecule has 0 unspecified atom stereocenters. The molecule has 2 saturated heterocycles. The van der Waals surface area contributed by atoms with E-state index in [1.54, 1.807) is 23.1 Å². The number of furan rings is 1. The van der Waals surface area contributed by atoms with Gasteiger partial charge in [0.15, 0.2) is 18.1 Å². The lowest BCUT2D eigenvalue weighted by Gasteiger charge is -2.27. The zero-order valence-corrected chi connectivity index (χ0v) is 21.7. The van der Waals surface area contributed by atoms with E-state index in [2.05, 4.69) is 16.6 Å². The summed E-state index contributed by atoms with van der Waals surface area (Å²) in [5.74, 6) is -0.447. The summed E-state index contributed by atoms with van der Waals surface area (Å²) in [6, 6.07) is 5.67. The molecule has 12 nitrogen and oxygen atoms in total. The van der Waals surface area contributed by atoms with E-state index in [1.807, 2.05) is 0 Å². The van der Waals surface area contributed by atoms with Crippen molar-refractivity contribution < 1.29 is 42.5 Å². The second-order valence-corrected chi connectivity index (χ2v) is 8.62. The number of ether oxygens (including phenoxy) is 4. The Morgan fingerprint density at radius 3 is 2.62 bits per heavy atom. The molecule has 1 aromatic carbocycles. The minimum Gasteiger partial charge on any atom is -0.493 e. The molecule has 4 rings (SSSR count). The van der Waals surface area contributed by atoms with Gasteiger partial charge in [-0.25, -0.2) is 9.59 Å². The largest absolute Gasteiger partial charge is 0.493 e. The van der Waals surface area contributed by atoms with Crippen molar-refractivity contribution in [3.05, 3.63) is 65.3 Å². The third-order valence-electron chi connectivity index (χ3n) is 6.08. The normalized spacial score (nSPS) is 16.3. The lowest BCUT2D eigenvalue weighted by molar-refractivity contribution is -0.137. The summed E-state index contributed by atoms with van der Waals surface area (Å²) in [5.41, 5.74) is 1.29. The highest BCUT2D eigenvalue weighted by molar-refractivity contribution is 6.13. The van der Waals surface area contributed by atoms with Crippen LogP contribution in [0.25, 0.3) is 6.08 Å². The van der Waals surface area contributed by atoms with Gasteiger partial charge in [-0.15, -0.1) is 6.58 Å². The smallest absolute Gasteiger partial charge is 0.373 e. The zero-order valence-electron chi connectivity index (χ0n) is 21.7. The summed E-state index contributed by atoms with van der Waals surface area (Å²) in [6.07, 6.45) is 3.60. The van der Waals surface area contributed by atoms with Crippen LogP contribution in [0.5, 0.6) is 11.5 Å². The molecule has 4 amide bonds. The number of allylic oxidation sites excluding steroid dienone is 1. The summed E-state index contributed by atoms with van der Waals surface area (Å²) in [6.45, 7) is 5.44. The maximum absolute atomic E-state index is 13.0. The monoisotopic (exact) mass is 539 g/mol. The summed E-state index contributed by atoms with van der Waals surface area (Å²) in [4.78, 5) is 52.4. The van der Waals surface area contributed by atoms with Crippen LogP contribution in [0.3, 0.4) is 0 Å². The molecule has 0 bridgehead atoms. The van der Waals surface area contributed by atoms with Crippen LogP contribution in [-0.2, 0) is 32.0 Å². The summed E-state index contributed by atoms with van der Waals surface area (Å²) in [5, 5.41) is 2.56. The van der Waals surface area contributed by atoms with Crippen LogP contribution in [0.1, 0.15) is 27.4 Å². The number of esters is 1. The van der Waals surface area contributed by atoms with Crippen LogP contribution in [-0.4, -0.2) is 80.7 Å². The number of amides is 4. The molecule has 2 aromatic rings. The number of urea groups is 1. The average molecular weight is 540 g/mol. The number of hydrogen-bond donors (Lipinski definition) is 1. The van der Waals surface area contributed by atoms with E-state index in [9.17, 15) is 19.2 Å². The van der Waals surface area contributed by atoms with Crippen LogP contribution in [0.4, 0.5) is 4.79 Å². The van der Waals surface area contributed by atoms with Gasteiger partial charge in [0.1, 0.15) is 11.5 Å². The Labute approximate surface area is 224 Å². The molecule has 3 heterocycles. The van der Waals surface area contributed by atoms with Gasteiger partial charge in [-0.1, -0.05) is 6.08 Å². The number of hydrogen-bond acceptors (Lipinski definition) is 9. The predicted octanol–water partition coefficient (Wildman–Crippen LogP) is 2.13. The number of carbonyl (C=O) groups excluding carboxylic acids is 4. The fraction of sp³-hybridized carbons (Fsp3) is 0.333. The molecule has 0 aliphatic carbocycles. The van der Waals surface area contributed by atoms with Crippen LogP contribution in [0.2, 0.25) is 0 Å². The molecule has 0 atom stereocenters. The minimum atomic E-state index is -0.666. The maximum Gasteiger partial charge on any atom is 0.373 e. The van der Waals surface area contributed by atoms with Crippen molar-refractivity contribution in [3.8, 4) is 11.5 Å². The van der Waals surface area contributed by atoms with Crippen molar-refractivity contribution in [2.45, 2.75) is 13.0 Å². The number of nitrogens with one attached hydrogen (secondary N) is 1. The molecular formula is C27H29N3O9. The van der Waals surface area contributed by atoms with Gasteiger partial charge in [0.05, 0.1) is 34.0 Å². The van der Waals surface area contributed by atoms with Crippen LogP contribution >= 0.6 is 0 Å². The molecule has 2 fully saturated rings. The van der Waals surface area contributed by atoms with Gasteiger partial charge in [-0.2, -0.15) is 0 Å². The lowest BCUT2D eigenvalue weighted by atomic mass is 10.0. The zero-order chi connectivity index (χ0) is 27.9. The number of morpholine rings is 1. The molecule has 0 radical (unpaired) electrons. The molecule has 206 valence electrons. The Bertz CT molecular complexity index is 1310. The fourth-order valence-corrected chi connectivity index (χ4v) is 4.14. The highest BCUT2D eigenvalue weighted by Gasteiger charge is 2.34. The Morgan fingerprint density at radius 2 is 1.92 bits per heavy atom. The van der Waals surface area contributed by atoms with Gasteiger partial charge in [-0.05, 0) is 42.3 Å². The molecular weight excluding hydrogens is 510 g/mol. The number of imide groups is 1. The summed E-state index contributed by atoms with van der Waals surface area (Å²) in [7, 11) is 2.69. The fourth-order valence-electron chi connectivity index (χ4n) is 4.14. The SMILES string of the molecule is C=CCc1cc(/C=C2\NC(=O)N(Cc3ccc(C(=O)OC)o3)C2=O)cc(OC)c1OCC(=O)N1CCOCC1. The first-order valence-corrected chi connectivity index (χ1v) is 12.2. The van der Waals surface area contributed by atoms with Crippen LogP contribution in [0.15, 0.2) is 47.0 Å². The Morgan fingerprint density at radius 1 is 1.15 bits per heavy atom. The van der Waals surface area contributed by atoms with Gasteiger partial charge in [0.2, 0.25) is 5.76 Å². The van der Waals surface area contributed by atoms with Crippen molar-refractivity contribution in [3.63, 3.8) is 0 Å². The second kappa shape index (κ2) is 12.3. The van der Waals surface area contributed by atoms with Crippen molar-refractivity contribution in [1.82, 2.24) is 15.1 Å². The molecule has 1 N–H and O–H groups in total. The molecule has 39 heavy (non-hydrogen) atoms. The van der Waals surface area contributed by atoms with Crippen LogP contribution < -0.4 is 14.8 Å². The topological polar surface area (TPSA) is 137 Å². The van der Waals surface area contributed by atoms with E-state index in [1.165, 1.54) is 32.4 Å². The van der Waals surface area contributed by atoms with E-state index in [0.29, 0.717) is 55.4 Å². The van der Waals surface area contributed by atoms with Gasteiger partial charge in [-0.3, -0.25) is 14.5 Å². The number of carbonyl (C=O) groups is 4. The van der Waals surface area contributed by atoms with Crippen molar-refractivity contribution in [2.75, 3.05) is 47.1 Å². The number of nitrogens with zero attached hydrogens (tertiary/aromatic N) is 2. The Hall–Kier alpha value is -4.58. The number of benzene rings is 1. The van der Waals surface area contributed by atoms with Crippen LogP contribution in [0, 0.1) is 0 Å². The Balaban J connectivity index is 1.52. The van der Waals surface area contributed by atoms with Crippen molar-refractivity contribution in [1.29, 1.82) is 0 Å². The first-order chi connectivity index (χ1) is 18.8. The summed E-state index contributed by atoms with van der Waals surface area (Å²) < 4.78 is 26.7. The first-order valence-electron chi connectivity index (χ1n) is 12.2. The first kappa shape index (κ1) is 27.5. The Kier molecular flexibility index (Phi) is 8.67. The van der Waals surface area contributed by atoms with Gasteiger partial charge < -0.3 is 33.6 Å². The van der Waals surface area contributed by atoms with Crippen molar-refractivity contribution >= 4 is 29.9 Å². The number of methoxy groups -OCH3 is 2. The third kappa shape index (κ3) is 6.29. The summed E-state index contributed by atoms with van der Waals surface area (Å²) >= 11 is 0. The lowest BCUT2D eigenvalue weighted by Crippen LogP contribution is -2.43. The van der Waals surface area contributed by atoms with E-state index in [0.717, 1.165) is 4.90 Å². The average Bonchev–Trinajstić information content (AvgIpc) is 3.52. The third-order valence-corrected chi connectivity index (χ3v) is 6.08. The van der Waals surface area contributed by atoms with E-state index in [4.69, 9.17) is 18.6 Å². The second-order valence-electron chi connectivity index (χ2n) is 8.62. The quantitative estimate of drug-likeness (QED) is 0.208. The van der Waals surface area contributed by atoms with Crippen molar-refractivity contribution in [2.24, 2.45) is 0 Å².